The maximum absolute atomic E-state index is 13.4. The average molecular weight is 456 g/mol. The summed E-state index contributed by atoms with van der Waals surface area (Å²) in [6.45, 7) is 3.69. The van der Waals surface area contributed by atoms with Gasteiger partial charge in [-0.3, -0.25) is 14.6 Å². The Bertz CT molecular complexity index is 1020. The first kappa shape index (κ1) is 24.0. The van der Waals surface area contributed by atoms with Gasteiger partial charge in [0.2, 0.25) is 0 Å². The quantitative estimate of drug-likeness (QED) is 0.607. The Morgan fingerprint density at radius 1 is 1.30 bits per heavy atom. The van der Waals surface area contributed by atoms with Crippen molar-refractivity contribution in [2.24, 2.45) is 5.92 Å². The normalized spacial score (nSPS) is 18.9. The second-order valence-corrected chi connectivity index (χ2v) is 8.16. The van der Waals surface area contributed by atoms with E-state index in [2.05, 4.69) is 10.3 Å². The molecule has 0 saturated carbocycles. The van der Waals surface area contributed by atoms with Gasteiger partial charge in [-0.2, -0.15) is 0 Å². The van der Waals surface area contributed by atoms with E-state index in [9.17, 15) is 24.6 Å². The number of benzene rings is 1. The third-order valence-corrected chi connectivity index (χ3v) is 5.66. The van der Waals surface area contributed by atoms with Crippen LogP contribution in [0.5, 0.6) is 5.75 Å². The number of aromatic nitrogens is 1. The number of aliphatic hydroxyl groups excluding tert-OH is 1. The fourth-order valence-corrected chi connectivity index (χ4v) is 3.61. The van der Waals surface area contributed by atoms with Gasteiger partial charge in [-0.1, -0.05) is 13.0 Å². The Morgan fingerprint density at radius 2 is 2.00 bits per heavy atom. The third-order valence-electron chi connectivity index (χ3n) is 5.66. The molecule has 0 spiro atoms. The van der Waals surface area contributed by atoms with E-state index >= 15 is 0 Å². The highest BCUT2D eigenvalue weighted by Gasteiger charge is 2.35. The van der Waals surface area contributed by atoms with E-state index in [1.807, 2.05) is 6.92 Å². The highest BCUT2D eigenvalue weighted by atomic mass is 16.5. The number of carbonyl (C=O) groups is 3. The highest BCUT2D eigenvalue weighted by Crippen LogP contribution is 2.35. The fourth-order valence-electron chi connectivity index (χ4n) is 3.61. The largest absolute Gasteiger partial charge is 0.485 e. The minimum absolute atomic E-state index is 0.0537. The zero-order chi connectivity index (χ0) is 24.1. The van der Waals surface area contributed by atoms with Crippen molar-refractivity contribution in [3.8, 4) is 5.75 Å². The van der Waals surface area contributed by atoms with Gasteiger partial charge in [0.25, 0.3) is 11.8 Å². The maximum atomic E-state index is 13.4. The topological polar surface area (TPSA) is 132 Å². The predicted octanol–water partition coefficient (Wildman–Crippen LogP) is 2.16. The number of rotatable bonds is 6. The Morgan fingerprint density at radius 3 is 2.64 bits per heavy atom. The van der Waals surface area contributed by atoms with Crippen LogP contribution in [0.3, 0.4) is 0 Å². The van der Waals surface area contributed by atoms with E-state index < -0.39 is 24.1 Å². The predicted molar refractivity (Wildman–Crippen MR) is 120 cm³/mol. The molecule has 1 unspecified atom stereocenters. The van der Waals surface area contributed by atoms with Crippen molar-refractivity contribution in [1.82, 2.24) is 14.8 Å². The molecular weight excluding hydrogens is 428 g/mol. The number of anilines is 1. The summed E-state index contributed by atoms with van der Waals surface area (Å²) in [5.41, 5.74) is 0.889. The zero-order valence-corrected chi connectivity index (χ0v) is 18.8. The standard InChI is InChI=1S/C23H28N4O6/c1-14-11-27(15(2)13-28)22(30)17-5-4-6-18(25-21(29)16-7-9-24-10-8-16)20(17)33-19(14)12-26(3)23(31)32/h4-10,14-15,19,28H,11-13H2,1-3H3,(H,25,29)(H,31,32)/t14-,15?,19+/m1/s1. The van der Waals surface area contributed by atoms with Gasteiger partial charge in [-0.05, 0) is 31.2 Å². The SMILES string of the molecule is CC(CO)N1C[C@@H](C)[C@H](CN(C)C(=O)O)Oc2c(NC(=O)c3ccncc3)cccc2C1=O. The van der Waals surface area contributed by atoms with Crippen LogP contribution in [0.4, 0.5) is 10.5 Å². The monoisotopic (exact) mass is 456 g/mol. The van der Waals surface area contributed by atoms with Crippen LogP contribution in [-0.2, 0) is 0 Å². The van der Waals surface area contributed by atoms with Gasteiger partial charge in [0.05, 0.1) is 30.4 Å². The van der Waals surface area contributed by atoms with Gasteiger partial charge < -0.3 is 30.1 Å². The Labute approximate surface area is 191 Å². The van der Waals surface area contributed by atoms with Gasteiger partial charge in [-0.15, -0.1) is 0 Å². The number of fused-ring (bicyclic) bond motifs is 1. The lowest BCUT2D eigenvalue weighted by Crippen LogP contribution is -2.50. The fraction of sp³-hybridized carbons (Fsp3) is 0.391. The smallest absolute Gasteiger partial charge is 0.407 e. The molecule has 1 aromatic heterocycles. The number of pyridine rings is 1. The second kappa shape index (κ2) is 10.3. The number of nitrogens with zero attached hydrogens (tertiary/aromatic N) is 3. The van der Waals surface area contributed by atoms with E-state index in [1.54, 1.807) is 42.2 Å². The minimum Gasteiger partial charge on any atom is -0.485 e. The minimum atomic E-state index is -1.11. The van der Waals surface area contributed by atoms with Crippen LogP contribution in [0.2, 0.25) is 0 Å². The Balaban J connectivity index is 2.04. The molecule has 1 aliphatic rings. The van der Waals surface area contributed by atoms with E-state index in [1.165, 1.54) is 19.4 Å². The molecule has 3 N–H and O–H groups in total. The molecule has 33 heavy (non-hydrogen) atoms. The van der Waals surface area contributed by atoms with Crippen LogP contribution < -0.4 is 10.1 Å². The molecule has 3 amide bonds. The lowest BCUT2D eigenvalue weighted by molar-refractivity contribution is 0.0349. The molecule has 0 radical (unpaired) electrons. The van der Waals surface area contributed by atoms with E-state index in [0.29, 0.717) is 5.56 Å². The number of aliphatic hydroxyl groups is 1. The second-order valence-electron chi connectivity index (χ2n) is 8.16. The first-order valence-corrected chi connectivity index (χ1v) is 10.6. The van der Waals surface area contributed by atoms with Crippen molar-refractivity contribution in [1.29, 1.82) is 0 Å². The molecule has 0 bridgehead atoms. The summed E-state index contributed by atoms with van der Waals surface area (Å²) in [4.78, 5) is 44.1. The maximum Gasteiger partial charge on any atom is 0.407 e. The third kappa shape index (κ3) is 5.40. The van der Waals surface area contributed by atoms with Gasteiger partial charge in [0.15, 0.2) is 5.75 Å². The van der Waals surface area contributed by atoms with Crippen LogP contribution in [0, 0.1) is 5.92 Å². The average Bonchev–Trinajstić information content (AvgIpc) is 2.81. The van der Waals surface area contributed by atoms with E-state index in [-0.39, 0.29) is 48.5 Å². The van der Waals surface area contributed by atoms with Crippen LogP contribution in [-0.4, -0.2) is 81.8 Å². The van der Waals surface area contributed by atoms with Crippen molar-refractivity contribution in [2.45, 2.75) is 26.0 Å². The van der Waals surface area contributed by atoms with E-state index in [0.717, 1.165) is 4.90 Å². The van der Waals surface area contributed by atoms with E-state index in [4.69, 9.17) is 4.74 Å². The summed E-state index contributed by atoms with van der Waals surface area (Å²) in [5.74, 6) is -0.850. The number of carbonyl (C=O) groups excluding carboxylic acids is 2. The summed E-state index contributed by atoms with van der Waals surface area (Å²) in [5, 5.41) is 21.8. The number of para-hydroxylation sites is 1. The molecular formula is C23H28N4O6. The first-order chi connectivity index (χ1) is 15.7. The van der Waals surface area contributed by atoms with Gasteiger partial charge in [0.1, 0.15) is 6.10 Å². The number of hydrogen-bond acceptors (Lipinski definition) is 6. The highest BCUT2D eigenvalue weighted by molar-refractivity contribution is 6.07. The molecule has 3 rings (SSSR count). The molecule has 1 aliphatic heterocycles. The summed E-state index contributed by atoms with van der Waals surface area (Å²) in [6, 6.07) is 7.50. The summed E-state index contributed by atoms with van der Waals surface area (Å²) in [7, 11) is 1.44. The molecule has 0 fully saturated rings. The molecule has 2 heterocycles. The van der Waals surface area contributed by atoms with Crippen LogP contribution in [0.25, 0.3) is 0 Å². The van der Waals surface area contributed by atoms with Crippen molar-refractivity contribution in [3.05, 3.63) is 53.9 Å². The number of hydrogen-bond donors (Lipinski definition) is 3. The Hall–Kier alpha value is -3.66. The van der Waals surface area contributed by atoms with Gasteiger partial charge in [-0.25, -0.2) is 4.79 Å². The number of nitrogens with one attached hydrogen (secondary N) is 1. The van der Waals surface area contributed by atoms with Gasteiger partial charge in [0, 0.05) is 37.5 Å². The van der Waals surface area contributed by atoms with Crippen LogP contribution in [0.15, 0.2) is 42.7 Å². The molecule has 10 heteroatoms. The van der Waals surface area contributed by atoms with Crippen LogP contribution in [0.1, 0.15) is 34.6 Å². The molecule has 10 nitrogen and oxygen atoms in total. The Kier molecular flexibility index (Phi) is 7.49. The number of likely N-dealkylation sites (N-methyl/N-ethyl adjacent to an activating group) is 1. The van der Waals surface area contributed by atoms with Crippen molar-refractivity contribution in [3.63, 3.8) is 0 Å². The lowest BCUT2D eigenvalue weighted by Gasteiger charge is -2.38. The number of amides is 3. The first-order valence-electron chi connectivity index (χ1n) is 10.6. The van der Waals surface area contributed by atoms with Crippen molar-refractivity contribution >= 4 is 23.6 Å². The lowest BCUT2D eigenvalue weighted by atomic mass is 9.99. The number of carboxylic acid groups (broad SMARTS) is 1. The summed E-state index contributed by atoms with van der Waals surface area (Å²) >= 11 is 0. The summed E-state index contributed by atoms with van der Waals surface area (Å²) in [6.07, 6.45) is 1.28. The van der Waals surface area contributed by atoms with Crippen molar-refractivity contribution in [2.75, 3.05) is 32.1 Å². The molecule has 2 aromatic rings. The van der Waals surface area contributed by atoms with Crippen molar-refractivity contribution < 1.29 is 29.3 Å². The van der Waals surface area contributed by atoms with Gasteiger partial charge >= 0.3 is 6.09 Å². The molecule has 1 aromatic carbocycles. The zero-order valence-electron chi connectivity index (χ0n) is 18.8. The molecule has 176 valence electrons. The van der Waals surface area contributed by atoms with Crippen LogP contribution >= 0.6 is 0 Å². The summed E-state index contributed by atoms with van der Waals surface area (Å²) < 4.78 is 6.23. The molecule has 3 atom stereocenters. The molecule has 0 saturated heterocycles. The number of ether oxygens (including phenoxy) is 1. The molecule has 0 aliphatic carbocycles.